The Balaban J connectivity index is 2.51. The van der Waals surface area contributed by atoms with Crippen LogP contribution in [0.3, 0.4) is 0 Å². The Morgan fingerprint density at radius 3 is 2.47 bits per heavy atom. The lowest BCUT2D eigenvalue weighted by Gasteiger charge is -2.15. The zero-order valence-corrected chi connectivity index (χ0v) is 11.0. The van der Waals surface area contributed by atoms with Gasteiger partial charge >= 0.3 is 6.18 Å². The number of para-hydroxylation sites is 1. The van der Waals surface area contributed by atoms with Crippen LogP contribution in [0.4, 0.5) is 13.2 Å². The predicted molar refractivity (Wildman–Crippen MR) is 68.8 cm³/mol. The molecule has 5 heteroatoms. The lowest BCUT2D eigenvalue weighted by Crippen LogP contribution is -2.14. The van der Waals surface area contributed by atoms with E-state index in [9.17, 15) is 13.2 Å². The van der Waals surface area contributed by atoms with Crippen molar-refractivity contribution < 1.29 is 13.2 Å². The lowest BCUT2D eigenvalue weighted by molar-refractivity contribution is -0.136. The maximum Gasteiger partial charge on any atom is 0.418 e. The Morgan fingerprint density at radius 1 is 1.21 bits per heavy atom. The van der Waals surface area contributed by atoms with E-state index in [-0.39, 0.29) is 5.52 Å². The summed E-state index contributed by atoms with van der Waals surface area (Å²) in [5.41, 5.74) is -0.407. The quantitative estimate of drug-likeness (QED) is 0.800. The van der Waals surface area contributed by atoms with Gasteiger partial charge < -0.3 is 0 Å². The molecule has 0 N–H and O–H groups in total. The van der Waals surface area contributed by atoms with E-state index in [0.717, 1.165) is 18.9 Å². The number of fused-ring (bicyclic) bond motifs is 1. The van der Waals surface area contributed by atoms with E-state index in [0.29, 0.717) is 17.8 Å². The van der Waals surface area contributed by atoms with E-state index in [1.54, 1.807) is 6.07 Å². The first-order valence-electron chi connectivity index (χ1n) is 6.49. The molecule has 0 atom stereocenters. The van der Waals surface area contributed by atoms with Gasteiger partial charge in [0.1, 0.15) is 0 Å². The average molecular weight is 270 g/mol. The zero-order valence-electron chi connectivity index (χ0n) is 11.0. The van der Waals surface area contributed by atoms with Gasteiger partial charge in [0.05, 0.1) is 17.3 Å². The van der Waals surface area contributed by atoms with Crippen molar-refractivity contribution in [2.24, 2.45) is 5.92 Å². The van der Waals surface area contributed by atoms with Gasteiger partial charge in [0.25, 0.3) is 0 Å². The molecule has 1 aromatic carbocycles. The fourth-order valence-corrected chi connectivity index (χ4v) is 2.30. The topological polar surface area (TPSA) is 17.8 Å². The maximum absolute atomic E-state index is 13.0. The molecule has 0 amide bonds. The molecule has 1 aromatic heterocycles. The first-order chi connectivity index (χ1) is 8.97. The number of hydrogen-bond acceptors (Lipinski definition) is 1. The molecule has 0 saturated carbocycles. The standard InChI is InChI=1S/C14H17F3N2/c1-3-10(4-2)9-19-13-11(8-18-19)6-5-7-12(13)14(15,16)17/h5-8,10H,3-4,9H2,1-2H3. The maximum atomic E-state index is 13.0. The third-order valence-electron chi connectivity index (χ3n) is 3.55. The van der Waals surface area contributed by atoms with Gasteiger partial charge in [-0.1, -0.05) is 38.8 Å². The Morgan fingerprint density at radius 2 is 1.89 bits per heavy atom. The van der Waals surface area contributed by atoms with E-state index in [4.69, 9.17) is 0 Å². The van der Waals surface area contributed by atoms with Crippen molar-refractivity contribution in [3.05, 3.63) is 30.0 Å². The van der Waals surface area contributed by atoms with Crippen LogP contribution in [0.5, 0.6) is 0 Å². The Kier molecular flexibility index (Phi) is 3.83. The van der Waals surface area contributed by atoms with Crippen molar-refractivity contribution in [3.63, 3.8) is 0 Å². The van der Waals surface area contributed by atoms with Crippen LogP contribution in [0.15, 0.2) is 24.4 Å². The van der Waals surface area contributed by atoms with Crippen molar-refractivity contribution in [1.82, 2.24) is 9.78 Å². The van der Waals surface area contributed by atoms with Gasteiger partial charge in [-0.15, -0.1) is 0 Å². The highest BCUT2D eigenvalue weighted by molar-refractivity contribution is 5.82. The molecule has 0 aliphatic heterocycles. The van der Waals surface area contributed by atoms with Crippen LogP contribution >= 0.6 is 0 Å². The van der Waals surface area contributed by atoms with Crippen LogP contribution < -0.4 is 0 Å². The molecule has 0 radical (unpaired) electrons. The summed E-state index contributed by atoms with van der Waals surface area (Å²) < 4.78 is 40.6. The molecule has 1 heterocycles. The van der Waals surface area contributed by atoms with Crippen LogP contribution in [-0.2, 0) is 12.7 Å². The van der Waals surface area contributed by atoms with Gasteiger partial charge in [-0.25, -0.2) is 0 Å². The largest absolute Gasteiger partial charge is 0.418 e. The van der Waals surface area contributed by atoms with Gasteiger partial charge in [0, 0.05) is 11.9 Å². The molecule has 104 valence electrons. The SMILES string of the molecule is CCC(CC)Cn1ncc2cccc(C(F)(F)F)c21. The molecule has 0 spiro atoms. The van der Waals surface area contributed by atoms with Gasteiger partial charge in [0.15, 0.2) is 0 Å². The number of alkyl halides is 3. The summed E-state index contributed by atoms with van der Waals surface area (Å²) >= 11 is 0. The van der Waals surface area contributed by atoms with E-state index in [1.807, 2.05) is 13.8 Å². The number of benzene rings is 1. The molecular formula is C14H17F3N2. The summed E-state index contributed by atoms with van der Waals surface area (Å²) in [5, 5.41) is 4.66. The Bertz CT molecular complexity index is 553. The number of halogens is 3. The number of hydrogen-bond donors (Lipinski definition) is 0. The Labute approximate surface area is 110 Å². The van der Waals surface area contributed by atoms with Gasteiger partial charge in [-0.05, 0) is 12.0 Å². The number of aromatic nitrogens is 2. The summed E-state index contributed by atoms with van der Waals surface area (Å²) in [5.74, 6) is 0.351. The molecule has 0 aliphatic carbocycles. The molecule has 0 aliphatic rings. The highest BCUT2D eigenvalue weighted by atomic mass is 19.4. The first kappa shape index (κ1) is 13.9. The minimum absolute atomic E-state index is 0.196. The summed E-state index contributed by atoms with van der Waals surface area (Å²) in [4.78, 5) is 0. The molecule has 0 unspecified atom stereocenters. The van der Waals surface area contributed by atoms with Gasteiger partial charge in [-0.3, -0.25) is 4.68 Å². The highest BCUT2D eigenvalue weighted by Gasteiger charge is 2.34. The van der Waals surface area contributed by atoms with Crippen molar-refractivity contribution in [2.45, 2.75) is 39.4 Å². The highest BCUT2D eigenvalue weighted by Crippen LogP contribution is 2.34. The second-order valence-electron chi connectivity index (χ2n) is 4.75. The first-order valence-corrected chi connectivity index (χ1v) is 6.49. The van der Waals surface area contributed by atoms with E-state index in [1.165, 1.54) is 16.9 Å². The molecule has 0 fully saturated rings. The minimum atomic E-state index is -4.34. The normalized spacial score (nSPS) is 12.5. The minimum Gasteiger partial charge on any atom is -0.264 e. The molecule has 2 rings (SSSR count). The third-order valence-corrected chi connectivity index (χ3v) is 3.55. The third kappa shape index (κ3) is 2.74. The van der Waals surface area contributed by atoms with Crippen molar-refractivity contribution >= 4 is 10.9 Å². The summed E-state index contributed by atoms with van der Waals surface area (Å²) in [6, 6.07) is 4.21. The van der Waals surface area contributed by atoms with Gasteiger partial charge in [0.2, 0.25) is 0 Å². The van der Waals surface area contributed by atoms with Crippen molar-refractivity contribution in [1.29, 1.82) is 0 Å². The molecular weight excluding hydrogens is 253 g/mol. The van der Waals surface area contributed by atoms with Crippen LogP contribution in [0, 0.1) is 5.92 Å². The average Bonchev–Trinajstić information content (AvgIpc) is 2.77. The van der Waals surface area contributed by atoms with E-state index >= 15 is 0 Å². The summed E-state index contributed by atoms with van der Waals surface area (Å²) in [7, 11) is 0. The molecule has 2 nitrogen and oxygen atoms in total. The van der Waals surface area contributed by atoms with Gasteiger partial charge in [-0.2, -0.15) is 18.3 Å². The fourth-order valence-electron chi connectivity index (χ4n) is 2.30. The van der Waals surface area contributed by atoms with Crippen molar-refractivity contribution in [3.8, 4) is 0 Å². The molecule has 2 aromatic rings. The number of nitrogens with zero attached hydrogens (tertiary/aromatic N) is 2. The number of rotatable bonds is 4. The molecule has 0 bridgehead atoms. The summed E-state index contributed by atoms with van der Waals surface area (Å²) in [6.45, 7) is 4.62. The molecule has 19 heavy (non-hydrogen) atoms. The monoisotopic (exact) mass is 270 g/mol. The van der Waals surface area contributed by atoms with Crippen LogP contribution in [0.1, 0.15) is 32.3 Å². The lowest BCUT2D eigenvalue weighted by atomic mass is 10.0. The van der Waals surface area contributed by atoms with Crippen LogP contribution in [0.25, 0.3) is 10.9 Å². The zero-order chi connectivity index (χ0) is 14.0. The smallest absolute Gasteiger partial charge is 0.264 e. The fraction of sp³-hybridized carbons (Fsp3) is 0.500. The second kappa shape index (κ2) is 5.23. The second-order valence-corrected chi connectivity index (χ2v) is 4.75. The van der Waals surface area contributed by atoms with E-state index in [2.05, 4.69) is 5.10 Å². The Hall–Kier alpha value is -1.52. The van der Waals surface area contributed by atoms with Crippen molar-refractivity contribution in [2.75, 3.05) is 0 Å². The molecule has 0 saturated heterocycles. The van der Waals surface area contributed by atoms with E-state index < -0.39 is 11.7 Å². The van der Waals surface area contributed by atoms with Crippen LogP contribution in [0.2, 0.25) is 0 Å². The predicted octanol–water partition coefficient (Wildman–Crippen LogP) is 4.49. The van der Waals surface area contributed by atoms with Crippen LogP contribution in [-0.4, -0.2) is 9.78 Å². The summed E-state index contributed by atoms with van der Waals surface area (Å²) in [6.07, 6.45) is -0.962.